The minimum atomic E-state index is -1.15. The Morgan fingerprint density at radius 1 is 1.15 bits per heavy atom. The molecule has 0 bridgehead atoms. The van der Waals surface area contributed by atoms with Gasteiger partial charge in [0.15, 0.2) is 0 Å². The Morgan fingerprint density at radius 3 is 2.15 bits per heavy atom. The van der Waals surface area contributed by atoms with Crippen LogP contribution in [0.15, 0.2) is 0 Å². The van der Waals surface area contributed by atoms with Crippen molar-refractivity contribution in [3.63, 3.8) is 0 Å². The highest BCUT2D eigenvalue weighted by atomic mass is 16.4. The average molecular weight is 283 g/mol. The predicted molar refractivity (Wildman–Crippen MR) is 74.0 cm³/mol. The van der Waals surface area contributed by atoms with E-state index in [0.29, 0.717) is 13.0 Å². The highest BCUT2D eigenvalue weighted by molar-refractivity contribution is 5.85. The molecule has 0 spiro atoms. The van der Waals surface area contributed by atoms with Crippen LogP contribution in [0.25, 0.3) is 0 Å². The van der Waals surface area contributed by atoms with E-state index in [1.807, 2.05) is 6.92 Å². The highest BCUT2D eigenvalue weighted by Gasteiger charge is 2.24. The third-order valence-corrected chi connectivity index (χ3v) is 2.47. The van der Waals surface area contributed by atoms with Crippen LogP contribution in [0.1, 0.15) is 13.3 Å². The summed E-state index contributed by atoms with van der Waals surface area (Å²) in [5.41, 5.74) is 0. The molecule has 0 aromatic heterocycles. The molecule has 0 rings (SSSR count). The monoisotopic (exact) mass is 283 g/mol. The van der Waals surface area contributed by atoms with Crippen LogP contribution in [0.5, 0.6) is 0 Å². The molecule has 0 heterocycles. The lowest BCUT2D eigenvalue weighted by atomic mass is 10.3. The van der Waals surface area contributed by atoms with Gasteiger partial charge >= 0.3 is 12.0 Å². The zero-order valence-corrected chi connectivity index (χ0v) is 12.1. The zero-order valence-electron chi connectivity index (χ0n) is 12.1. The summed E-state index contributed by atoms with van der Waals surface area (Å²) in [6, 6.07) is -0.539. The molecule has 0 aliphatic carbocycles. The van der Waals surface area contributed by atoms with Crippen molar-refractivity contribution in [2.45, 2.75) is 13.3 Å². The van der Waals surface area contributed by atoms with Crippen molar-refractivity contribution in [3.8, 4) is 12.3 Å². The van der Waals surface area contributed by atoms with Crippen molar-refractivity contribution in [1.82, 2.24) is 14.7 Å². The molecule has 1 N–H and O–H groups in total. The number of urea groups is 1. The Hall–Kier alpha value is -2.23. The van der Waals surface area contributed by atoms with Crippen LogP contribution < -0.4 is 0 Å². The van der Waals surface area contributed by atoms with Gasteiger partial charge in [-0.1, -0.05) is 12.8 Å². The smallest absolute Gasteiger partial charge is 0.323 e. The standard InChI is InChI=1S/C13H21N3O4/c1-5-7-15(9-11(17)14(3)4)13(20)16(8-6-2)10-12(18)19/h2H,5,7-10H2,1,3-4H3,(H,18,19). The van der Waals surface area contributed by atoms with Gasteiger partial charge in [0.25, 0.3) is 0 Å². The van der Waals surface area contributed by atoms with Crippen molar-refractivity contribution in [2.75, 3.05) is 40.3 Å². The van der Waals surface area contributed by atoms with E-state index in [4.69, 9.17) is 11.5 Å². The number of terminal acetylenes is 1. The summed E-state index contributed by atoms with van der Waals surface area (Å²) in [6.07, 6.45) is 5.79. The topological polar surface area (TPSA) is 81.2 Å². The second-order valence-corrected chi connectivity index (χ2v) is 4.45. The molecule has 7 heteroatoms. The first kappa shape index (κ1) is 17.8. The SMILES string of the molecule is C#CCN(CC(=O)O)C(=O)N(CCC)CC(=O)N(C)C. The van der Waals surface area contributed by atoms with E-state index in [2.05, 4.69) is 5.92 Å². The Bertz CT molecular complexity index is 401. The molecule has 0 fully saturated rings. The number of aliphatic carboxylic acids is 1. The van der Waals surface area contributed by atoms with Gasteiger partial charge in [-0.25, -0.2) is 4.79 Å². The van der Waals surface area contributed by atoms with E-state index in [9.17, 15) is 14.4 Å². The second kappa shape index (κ2) is 8.80. The van der Waals surface area contributed by atoms with E-state index in [-0.39, 0.29) is 19.0 Å². The van der Waals surface area contributed by atoms with Crippen molar-refractivity contribution in [2.24, 2.45) is 0 Å². The lowest BCUT2D eigenvalue weighted by Gasteiger charge is -2.28. The fraction of sp³-hybridized carbons (Fsp3) is 0.615. The summed E-state index contributed by atoms with van der Waals surface area (Å²) in [7, 11) is 3.18. The number of carboxylic acids is 1. The maximum Gasteiger partial charge on any atom is 0.323 e. The Morgan fingerprint density at radius 2 is 1.75 bits per heavy atom. The molecule has 0 aromatic carbocycles. The first-order valence-corrected chi connectivity index (χ1v) is 6.22. The Kier molecular flexibility index (Phi) is 7.82. The lowest BCUT2D eigenvalue weighted by molar-refractivity contribution is -0.137. The van der Waals surface area contributed by atoms with Crippen LogP contribution in [0, 0.1) is 12.3 Å². The van der Waals surface area contributed by atoms with Gasteiger partial charge in [0, 0.05) is 20.6 Å². The third-order valence-electron chi connectivity index (χ3n) is 2.47. The molecule has 0 aliphatic rings. The lowest BCUT2D eigenvalue weighted by Crippen LogP contribution is -2.49. The molecule has 0 saturated carbocycles. The zero-order chi connectivity index (χ0) is 15.7. The van der Waals surface area contributed by atoms with Gasteiger partial charge in [0.05, 0.1) is 6.54 Å². The number of hydrogen-bond donors (Lipinski definition) is 1. The molecule has 7 nitrogen and oxygen atoms in total. The molecule has 0 radical (unpaired) electrons. The summed E-state index contributed by atoms with van der Waals surface area (Å²) < 4.78 is 0. The number of hydrogen-bond acceptors (Lipinski definition) is 3. The summed E-state index contributed by atoms with van der Waals surface area (Å²) in [6.45, 7) is 1.53. The number of carbonyl (C=O) groups excluding carboxylic acids is 2. The normalized spacial score (nSPS) is 9.50. The van der Waals surface area contributed by atoms with Crippen molar-refractivity contribution in [1.29, 1.82) is 0 Å². The van der Waals surface area contributed by atoms with E-state index >= 15 is 0 Å². The van der Waals surface area contributed by atoms with Gasteiger partial charge in [0.1, 0.15) is 13.1 Å². The van der Waals surface area contributed by atoms with E-state index < -0.39 is 18.5 Å². The van der Waals surface area contributed by atoms with Gasteiger partial charge in [-0.15, -0.1) is 6.42 Å². The molecular formula is C13H21N3O4. The first-order valence-electron chi connectivity index (χ1n) is 6.22. The average Bonchev–Trinajstić information content (AvgIpc) is 2.36. The molecular weight excluding hydrogens is 262 g/mol. The summed E-state index contributed by atoms with van der Waals surface area (Å²) in [5.74, 6) is 0.864. The number of nitrogens with zero attached hydrogens (tertiary/aromatic N) is 3. The molecule has 0 aliphatic heterocycles. The number of amides is 3. The first-order chi connectivity index (χ1) is 9.33. The van der Waals surface area contributed by atoms with Crippen LogP contribution in [0.3, 0.4) is 0 Å². The molecule has 112 valence electrons. The van der Waals surface area contributed by atoms with Crippen molar-refractivity contribution >= 4 is 17.9 Å². The van der Waals surface area contributed by atoms with Crippen LogP contribution in [0.2, 0.25) is 0 Å². The summed E-state index contributed by atoms with van der Waals surface area (Å²) >= 11 is 0. The van der Waals surface area contributed by atoms with Crippen LogP contribution >= 0.6 is 0 Å². The summed E-state index contributed by atoms with van der Waals surface area (Å²) in [4.78, 5) is 38.4. The quantitative estimate of drug-likeness (QED) is 0.663. The number of carboxylic acid groups (broad SMARTS) is 1. The largest absolute Gasteiger partial charge is 0.480 e. The molecule has 0 saturated heterocycles. The predicted octanol–water partition coefficient (Wildman–Crippen LogP) is -0.0736. The van der Waals surface area contributed by atoms with Crippen LogP contribution in [0.4, 0.5) is 4.79 Å². The van der Waals surface area contributed by atoms with Crippen LogP contribution in [-0.2, 0) is 9.59 Å². The number of carbonyl (C=O) groups is 3. The molecule has 0 atom stereocenters. The van der Waals surface area contributed by atoms with Gasteiger partial charge in [-0.3, -0.25) is 9.59 Å². The minimum Gasteiger partial charge on any atom is -0.480 e. The number of rotatable bonds is 7. The maximum absolute atomic E-state index is 12.2. The Labute approximate surface area is 119 Å². The molecule has 0 unspecified atom stereocenters. The molecule has 20 heavy (non-hydrogen) atoms. The van der Waals surface area contributed by atoms with Crippen molar-refractivity contribution in [3.05, 3.63) is 0 Å². The van der Waals surface area contributed by atoms with Gasteiger partial charge in [0.2, 0.25) is 5.91 Å². The van der Waals surface area contributed by atoms with E-state index in [0.717, 1.165) is 4.90 Å². The molecule has 3 amide bonds. The van der Waals surface area contributed by atoms with Crippen LogP contribution in [-0.4, -0.2) is 78.0 Å². The van der Waals surface area contributed by atoms with Gasteiger partial charge in [-0.2, -0.15) is 0 Å². The van der Waals surface area contributed by atoms with E-state index in [1.54, 1.807) is 14.1 Å². The van der Waals surface area contributed by atoms with E-state index in [1.165, 1.54) is 9.80 Å². The third kappa shape index (κ3) is 6.09. The fourth-order valence-electron chi connectivity index (χ4n) is 1.48. The fourth-order valence-corrected chi connectivity index (χ4v) is 1.48. The van der Waals surface area contributed by atoms with Gasteiger partial charge in [-0.05, 0) is 6.42 Å². The maximum atomic E-state index is 12.2. The second-order valence-electron chi connectivity index (χ2n) is 4.45. The molecule has 0 aromatic rings. The minimum absolute atomic E-state index is 0.0969. The van der Waals surface area contributed by atoms with Gasteiger partial charge < -0.3 is 19.8 Å². The summed E-state index contributed by atoms with van der Waals surface area (Å²) in [5, 5.41) is 8.79. The number of likely N-dealkylation sites (N-methyl/N-ethyl adjacent to an activating group) is 1. The van der Waals surface area contributed by atoms with Crippen molar-refractivity contribution < 1.29 is 19.5 Å². The highest BCUT2D eigenvalue weighted by Crippen LogP contribution is 2.02. The Balaban J connectivity index is 4.94.